The van der Waals surface area contributed by atoms with Gasteiger partial charge in [-0.05, 0) is 30.7 Å². The number of carbonyl (C=O) groups excluding carboxylic acids is 1. The third-order valence-electron chi connectivity index (χ3n) is 5.61. The number of aromatic nitrogens is 2. The number of halogens is 6. The van der Waals surface area contributed by atoms with E-state index in [2.05, 4.69) is 15.3 Å². The number of aromatic amines is 1. The van der Waals surface area contributed by atoms with E-state index in [9.17, 15) is 35.9 Å². The van der Waals surface area contributed by atoms with Crippen molar-refractivity contribution in [3.63, 3.8) is 0 Å². The van der Waals surface area contributed by atoms with Crippen LogP contribution in [0.4, 0.5) is 32.2 Å². The highest BCUT2D eigenvalue weighted by Gasteiger charge is 2.47. The molecule has 1 saturated heterocycles. The third kappa shape index (κ3) is 6.82. The van der Waals surface area contributed by atoms with E-state index < -0.39 is 59.4 Å². The van der Waals surface area contributed by atoms with Gasteiger partial charge in [0.2, 0.25) is 5.91 Å². The van der Waals surface area contributed by atoms with Crippen LogP contribution >= 0.6 is 0 Å². The number of hydrogen-bond donors (Lipinski definition) is 3. The predicted molar refractivity (Wildman–Crippen MR) is 118 cm³/mol. The van der Waals surface area contributed by atoms with E-state index in [1.807, 2.05) is 13.8 Å². The van der Waals surface area contributed by atoms with Gasteiger partial charge in [-0.25, -0.2) is 18.2 Å². The van der Waals surface area contributed by atoms with E-state index in [0.717, 1.165) is 24.5 Å². The van der Waals surface area contributed by atoms with Gasteiger partial charge >= 0.3 is 6.18 Å². The summed E-state index contributed by atoms with van der Waals surface area (Å²) >= 11 is 0. The van der Waals surface area contributed by atoms with Gasteiger partial charge in [0.1, 0.15) is 17.7 Å². The SMILES string of the molecule is CC.CC(C(=O)Nc1ccc(F)cn1)N1CCC(F)(F)C(c2c[nH]c(=O)c(C(N)C(F)(F)F)c2)C1. The van der Waals surface area contributed by atoms with Crippen molar-refractivity contribution >= 4 is 11.7 Å². The number of nitrogens with zero attached hydrogens (tertiary/aromatic N) is 2. The molecule has 0 bridgehead atoms. The molecule has 0 aromatic carbocycles. The predicted octanol–water partition coefficient (Wildman–Crippen LogP) is 3.95. The smallest absolute Gasteiger partial charge is 0.329 e. The van der Waals surface area contributed by atoms with Crippen LogP contribution in [0.2, 0.25) is 0 Å². The molecule has 0 aliphatic carbocycles. The maximum absolute atomic E-state index is 14.7. The number of pyridine rings is 2. The molecular formula is C22H27F6N5O2. The molecule has 13 heteroatoms. The van der Waals surface area contributed by atoms with Gasteiger partial charge in [-0.15, -0.1) is 0 Å². The first-order valence-electron chi connectivity index (χ1n) is 10.9. The van der Waals surface area contributed by atoms with Crippen molar-refractivity contribution in [2.24, 2.45) is 5.73 Å². The molecule has 1 aliphatic heterocycles. The first kappa shape index (κ1) is 28.3. The topological polar surface area (TPSA) is 104 Å². The molecule has 1 fully saturated rings. The molecule has 4 N–H and O–H groups in total. The van der Waals surface area contributed by atoms with Gasteiger partial charge in [-0.2, -0.15) is 13.2 Å². The number of nitrogens with two attached hydrogens (primary N) is 1. The second-order valence-electron chi connectivity index (χ2n) is 7.82. The van der Waals surface area contributed by atoms with E-state index in [1.165, 1.54) is 17.9 Å². The molecule has 3 rings (SSSR count). The molecule has 3 unspecified atom stereocenters. The van der Waals surface area contributed by atoms with Crippen LogP contribution in [0.1, 0.15) is 50.3 Å². The average Bonchev–Trinajstić information content (AvgIpc) is 2.80. The number of amides is 1. The van der Waals surface area contributed by atoms with E-state index in [1.54, 1.807) is 0 Å². The molecule has 35 heavy (non-hydrogen) atoms. The van der Waals surface area contributed by atoms with Crippen molar-refractivity contribution in [3.8, 4) is 0 Å². The molecular weight excluding hydrogens is 480 g/mol. The molecule has 0 spiro atoms. The molecule has 0 radical (unpaired) electrons. The zero-order valence-electron chi connectivity index (χ0n) is 19.3. The normalized spacial score (nSPS) is 19.8. The number of nitrogens with one attached hydrogen (secondary N) is 2. The van der Waals surface area contributed by atoms with E-state index >= 15 is 0 Å². The van der Waals surface area contributed by atoms with Crippen molar-refractivity contribution in [3.05, 3.63) is 57.9 Å². The first-order valence-corrected chi connectivity index (χ1v) is 10.9. The number of anilines is 1. The Morgan fingerprint density at radius 2 is 1.97 bits per heavy atom. The molecule has 7 nitrogen and oxygen atoms in total. The van der Waals surface area contributed by atoms with Crippen LogP contribution < -0.4 is 16.6 Å². The van der Waals surface area contributed by atoms with Crippen molar-refractivity contribution < 1.29 is 31.1 Å². The maximum Gasteiger partial charge on any atom is 0.407 e. The summed E-state index contributed by atoms with van der Waals surface area (Å²) in [6.07, 6.45) is -3.76. The highest BCUT2D eigenvalue weighted by molar-refractivity contribution is 5.93. The Kier molecular flexibility index (Phi) is 9.06. The highest BCUT2D eigenvalue weighted by Crippen LogP contribution is 2.41. The number of piperidine rings is 1. The number of hydrogen-bond acceptors (Lipinski definition) is 5. The lowest BCUT2D eigenvalue weighted by Crippen LogP contribution is -2.52. The van der Waals surface area contributed by atoms with Crippen LogP contribution in [0.25, 0.3) is 0 Å². The molecule has 3 heterocycles. The van der Waals surface area contributed by atoms with Crippen LogP contribution in [0.5, 0.6) is 0 Å². The summed E-state index contributed by atoms with van der Waals surface area (Å²) in [5.41, 5.74) is 2.88. The van der Waals surface area contributed by atoms with Crippen LogP contribution in [0.3, 0.4) is 0 Å². The van der Waals surface area contributed by atoms with E-state index in [4.69, 9.17) is 5.73 Å². The Bertz CT molecular complexity index is 1060. The summed E-state index contributed by atoms with van der Waals surface area (Å²) in [6.45, 7) is 4.94. The van der Waals surface area contributed by atoms with Crippen molar-refractivity contribution in [2.75, 3.05) is 18.4 Å². The lowest BCUT2D eigenvalue weighted by Gasteiger charge is -2.40. The van der Waals surface area contributed by atoms with Gasteiger partial charge in [-0.1, -0.05) is 13.8 Å². The fourth-order valence-corrected chi connectivity index (χ4v) is 3.60. The quantitative estimate of drug-likeness (QED) is 0.532. The monoisotopic (exact) mass is 507 g/mol. The molecule has 3 atom stereocenters. The molecule has 2 aromatic heterocycles. The maximum atomic E-state index is 14.7. The Morgan fingerprint density at radius 3 is 2.54 bits per heavy atom. The molecule has 194 valence electrons. The van der Waals surface area contributed by atoms with E-state index in [0.29, 0.717) is 0 Å². The zero-order chi connectivity index (χ0) is 26.6. The Balaban J connectivity index is 0.00000210. The minimum atomic E-state index is -4.94. The minimum absolute atomic E-state index is 0.0681. The van der Waals surface area contributed by atoms with Gasteiger partial charge in [-0.3, -0.25) is 14.5 Å². The summed E-state index contributed by atoms with van der Waals surface area (Å²) in [5, 5.41) is 2.45. The fraction of sp³-hybridized carbons (Fsp3) is 0.500. The van der Waals surface area contributed by atoms with Gasteiger partial charge in [0.05, 0.1) is 18.2 Å². The largest absolute Gasteiger partial charge is 0.407 e. The lowest BCUT2D eigenvalue weighted by atomic mass is 9.86. The number of alkyl halides is 5. The Morgan fingerprint density at radius 1 is 1.31 bits per heavy atom. The van der Waals surface area contributed by atoms with Crippen molar-refractivity contribution in [1.29, 1.82) is 0 Å². The Hall–Kier alpha value is -2.93. The summed E-state index contributed by atoms with van der Waals surface area (Å²) in [4.78, 5) is 31.6. The highest BCUT2D eigenvalue weighted by atomic mass is 19.4. The lowest BCUT2D eigenvalue weighted by molar-refractivity contribution is -0.149. The molecule has 1 aliphatic rings. The van der Waals surface area contributed by atoms with Gasteiger partial charge in [0.15, 0.2) is 0 Å². The molecule has 1 amide bonds. The summed E-state index contributed by atoms with van der Waals surface area (Å²) in [6, 6.07) is -0.479. The number of H-pyrrole nitrogens is 1. The standard InChI is InChI=1S/C20H21F6N5O2.C2H6/c1-10(17(32)30-15-3-2-12(21)8-28-15)31-5-4-19(22,23)14(9-31)11-6-13(18(33)29-7-11)16(27)20(24,25)26;1-2/h2-3,6-8,10,14,16H,4-5,9,27H2,1H3,(H,29,33)(H,28,30,32);1-2H3. The number of rotatable bonds is 5. The van der Waals surface area contributed by atoms with Crippen LogP contribution in [0, 0.1) is 5.82 Å². The van der Waals surface area contributed by atoms with Crippen molar-refractivity contribution in [2.45, 2.75) is 57.3 Å². The van der Waals surface area contributed by atoms with Crippen molar-refractivity contribution in [1.82, 2.24) is 14.9 Å². The zero-order valence-corrected chi connectivity index (χ0v) is 19.3. The number of likely N-dealkylation sites (tertiary alicyclic amines) is 1. The summed E-state index contributed by atoms with van der Waals surface area (Å²) in [5.74, 6) is -6.02. The van der Waals surface area contributed by atoms with Gasteiger partial charge < -0.3 is 16.0 Å². The average molecular weight is 507 g/mol. The first-order chi connectivity index (χ1) is 16.3. The third-order valence-corrected chi connectivity index (χ3v) is 5.61. The second kappa shape index (κ2) is 11.2. The van der Waals surface area contributed by atoms with Crippen LogP contribution in [-0.4, -0.2) is 52.0 Å². The van der Waals surface area contributed by atoms with Gasteiger partial charge in [0.25, 0.3) is 11.5 Å². The fourth-order valence-electron chi connectivity index (χ4n) is 3.60. The summed E-state index contributed by atoms with van der Waals surface area (Å²) in [7, 11) is 0. The van der Waals surface area contributed by atoms with Crippen LogP contribution in [0.15, 0.2) is 35.4 Å². The molecule has 2 aromatic rings. The second-order valence-corrected chi connectivity index (χ2v) is 7.82. The molecule has 0 saturated carbocycles. The van der Waals surface area contributed by atoms with Crippen LogP contribution in [-0.2, 0) is 4.79 Å². The Labute approximate surface area is 197 Å². The minimum Gasteiger partial charge on any atom is -0.329 e. The van der Waals surface area contributed by atoms with Gasteiger partial charge in [0, 0.05) is 31.3 Å². The number of carbonyl (C=O) groups is 1. The summed E-state index contributed by atoms with van der Waals surface area (Å²) < 4.78 is 81.4. The van der Waals surface area contributed by atoms with E-state index in [-0.39, 0.29) is 24.5 Å².